The van der Waals surface area contributed by atoms with Crippen molar-refractivity contribution in [1.82, 2.24) is 0 Å². The van der Waals surface area contributed by atoms with Crippen molar-refractivity contribution in [3.63, 3.8) is 0 Å². The van der Waals surface area contributed by atoms with Crippen LogP contribution in [0.5, 0.6) is 0 Å². The number of hydrogen-bond acceptors (Lipinski definition) is 5. The third-order valence-electron chi connectivity index (χ3n) is 1.75. The number of hydrogen-bond donors (Lipinski definition) is 1. The number of ether oxygens (including phenoxy) is 2. The molecule has 0 aromatic carbocycles. The quantitative estimate of drug-likeness (QED) is 0.415. The number of aliphatic hydroxyl groups is 1. The van der Waals surface area contributed by atoms with Gasteiger partial charge in [-0.05, 0) is 26.2 Å². The molecule has 5 nitrogen and oxygen atoms in total. The maximum Gasteiger partial charge on any atom is 0.333 e. The van der Waals surface area contributed by atoms with Crippen molar-refractivity contribution in [2.45, 2.75) is 33.1 Å². The fourth-order valence-corrected chi connectivity index (χ4v) is 0.764. The van der Waals surface area contributed by atoms with Gasteiger partial charge in [-0.1, -0.05) is 20.1 Å². The molecule has 0 bridgehead atoms. The lowest BCUT2D eigenvalue weighted by atomic mass is 10.3. The SMILES string of the molecule is C=C(C)C(=O)OCCC.C=CC(=O)OCCCCO. The second-order valence-corrected chi connectivity index (χ2v) is 3.72. The third kappa shape index (κ3) is 16.4. The summed E-state index contributed by atoms with van der Waals surface area (Å²) in [6.45, 7) is 11.3. The standard InChI is InChI=1S/C7H12O3.C7H12O2/c1-2-7(9)10-6-4-3-5-8;1-4-5-9-7(8)6(2)3/h2,8H,1,3-6H2;2,4-5H2,1,3H3. The van der Waals surface area contributed by atoms with Crippen LogP contribution in [-0.4, -0.2) is 36.9 Å². The Labute approximate surface area is 114 Å². The Balaban J connectivity index is 0. The summed E-state index contributed by atoms with van der Waals surface area (Å²) in [5.41, 5.74) is 0.462. The molecule has 19 heavy (non-hydrogen) atoms. The van der Waals surface area contributed by atoms with Gasteiger partial charge in [0.2, 0.25) is 0 Å². The van der Waals surface area contributed by atoms with E-state index in [1.165, 1.54) is 0 Å². The van der Waals surface area contributed by atoms with Gasteiger partial charge in [-0.3, -0.25) is 0 Å². The summed E-state index contributed by atoms with van der Waals surface area (Å²) in [6.07, 6.45) is 3.36. The van der Waals surface area contributed by atoms with Gasteiger partial charge in [0.15, 0.2) is 0 Å². The largest absolute Gasteiger partial charge is 0.463 e. The number of carbonyl (C=O) groups is 2. The summed E-state index contributed by atoms with van der Waals surface area (Å²) < 4.78 is 9.34. The molecule has 0 aromatic heterocycles. The van der Waals surface area contributed by atoms with Crippen LogP contribution in [0.15, 0.2) is 24.8 Å². The van der Waals surface area contributed by atoms with Crippen molar-refractivity contribution >= 4 is 11.9 Å². The van der Waals surface area contributed by atoms with Crippen molar-refractivity contribution in [3.8, 4) is 0 Å². The van der Waals surface area contributed by atoms with E-state index < -0.39 is 5.97 Å². The monoisotopic (exact) mass is 272 g/mol. The van der Waals surface area contributed by atoms with Gasteiger partial charge in [0.25, 0.3) is 0 Å². The van der Waals surface area contributed by atoms with E-state index in [1.54, 1.807) is 6.92 Å². The molecule has 110 valence electrons. The molecule has 5 heteroatoms. The van der Waals surface area contributed by atoms with Crippen LogP contribution in [0.4, 0.5) is 0 Å². The zero-order valence-electron chi connectivity index (χ0n) is 11.8. The summed E-state index contributed by atoms with van der Waals surface area (Å²) in [5.74, 6) is -0.699. The summed E-state index contributed by atoms with van der Waals surface area (Å²) in [7, 11) is 0. The molecular weight excluding hydrogens is 248 g/mol. The predicted molar refractivity (Wildman–Crippen MR) is 73.5 cm³/mol. The van der Waals surface area contributed by atoms with E-state index in [4.69, 9.17) is 9.84 Å². The molecule has 0 radical (unpaired) electrons. The smallest absolute Gasteiger partial charge is 0.333 e. The molecule has 0 saturated carbocycles. The Hall–Kier alpha value is -1.62. The van der Waals surface area contributed by atoms with Gasteiger partial charge in [0.05, 0.1) is 13.2 Å². The van der Waals surface area contributed by atoms with Crippen molar-refractivity contribution in [3.05, 3.63) is 24.8 Å². The molecule has 0 atom stereocenters. The Morgan fingerprint density at radius 3 is 2.26 bits per heavy atom. The fraction of sp³-hybridized carbons (Fsp3) is 0.571. The van der Waals surface area contributed by atoms with Gasteiger partial charge in [-0.15, -0.1) is 0 Å². The number of rotatable bonds is 8. The fourth-order valence-electron chi connectivity index (χ4n) is 0.764. The molecule has 0 rings (SSSR count). The average Bonchev–Trinajstić information content (AvgIpc) is 2.41. The van der Waals surface area contributed by atoms with E-state index in [1.807, 2.05) is 6.92 Å². The molecule has 0 fully saturated rings. The molecule has 0 amide bonds. The van der Waals surface area contributed by atoms with Crippen LogP contribution in [-0.2, 0) is 19.1 Å². The second kappa shape index (κ2) is 14.4. The first-order valence-corrected chi connectivity index (χ1v) is 6.22. The number of aliphatic hydroxyl groups excluding tert-OH is 1. The summed E-state index contributed by atoms with van der Waals surface area (Å²) in [4.78, 5) is 21.0. The molecule has 0 aliphatic heterocycles. The van der Waals surface area contributed by atoms with Crippen LogP contribution in [0, 0.1) is 0 Å². The van der Waals surface area contributed by atoms with Crippen molar-refractivity contribution < 1.29 is 24.2 Å². The minimum atomic E-state index is -0.405. The minimum Gasteiger partial charge on any atom is -0.463 e. The summed E-state index contributed by atoms with van der Waals surface area (Å²) >= 11 is 0. The van der Waals surface area contributed by atoms with E-state index in [-0.39, 0.29) is 12.6 Å². The van der Waals surface area contributed by atoms with E-state index in [0.29, 0.717) is 31.6 Å². The zero-order chi connectivity index (χ0) is 15.1. The molecule has 1 N–H and O–H groups in total. The van der Waals surface area contributed by atoms with Gasteiger partial charge in [-0.2, -0.15) is 0 Å². The molecule has 0 aliphatic carbocycles. The van der Waals surface area contributed by atoms with Gasteiger partial charge < -0.3 is 14.6 Å². The van der Waals surface area contributed by atoms with Crippen LogP contribution in [0.25, 0.3) is 0 Å². The van der Waals surface area contributed by atoms with Crippen molar-refractivity contribution in [2.24, 2.45) is 0 Å². The van der Waals surface area contributed by atoms with E-state index >= 15 is 0 Å². The van der Waals surface area contributed by atoms with Gasteiger partial charge in [0, 0.05) is 18.3 Å². The van der Waals surface area contributed by atoms with Crippen molar-refractivity contribution in [1.29, 1.82) is 0 Å². The zero-order valence-corrected chi connectivity index (χ0v) is 11.8. The first-order chi connectivity index (χ1) is 8.99. The first-order valence-electron chi connectivity index (χ1n) is 6.22. The number of esters is 2. The highest BCUT2D eigenvalue weighted by Gasteiger charge is 1.99. The van der Waals surface area contributed by atoms with Crippen LogP contribution in [0.3, 0.4) is 0 Å². The highest BCUT2D eigenvalue weighted by atomic mass is 16.5. The highest BCUT2D eigenvalue weighted by Crippen LogP contribution is 1.92. The molecular formula is C14H24O5. The topological polar surface area (TPSA) is 72.8 Å². The van der Waals surface area contributed by atoms with Crippen LogP contribution >= 0.6 is 0 Å². The molecule has 0 heterocycles. The lowest BCUT2D eigenvalue weighted by molar-refractivity contribution is -0.139. The van der Waals surface area contributed by atoms with Crippen LogP contribution in [0.1, 0.15) is 33.1 Å². The highest BCUT2D eigenvalue weighted by molar-refractivity contribution is 5.86. The Bertz CT molecular complexity index is 284. The normalized spacial score (nSPS) is 8.79. The molecule has 0 unspecified atom stereocenters. The lowest BCUT2D eigenvalue weighted by Gasteiger charge is -1.99. The van der Waals surface area contributed by atoms with Gasteiger partial charge in [0.1, 0.15) is 0 Å². The van der Waals surface area contributed by atoms with E-state index in [9.17, 15) is 9.59 Å². The molecule has 0 saturated heterocycles. The predicted octanol–water partition coefficient (Wildman–Crippen LogP) is 2.00. The van der Waals surface area contributed by atoms with Crippen molar-refractivity contribution in [2.75, 3.05) is 19.8 Å². The second-order valence-electron chi connectivity index (χ2n) is 3.72. The summed E-state index contributed by atoms with van der Waals surface area (Å²) in [5, 5.41) is 8.33. The van der Waals surface area contributed by atoms with Crippen LogP contribution in [0.2, 0.25) is 0 Å². The van der Waals surface area contributed by atoms with Crippen LogP contribution < -0.4 is 0 Å². The molecule has 0 spiro atoms. The maximum absolute atomic E-state index is 10.6. The Kier molecular flexibility index (Phi) is 15.0. The Morgan fingerprint density at radius 2 is 1.84 bits per heavy atom. The molecule has 0 aromatic rings. The minimum absolute atomic E-state index is 0.144. The first kappa shape index (κ1) is 19.7. The number of carbonyl (C=O) groups excluding carboxylic acids is 2. The molecule has 0 aliphatic rings. The maximum atomic E-state index is 10.6. The average molecular weight is 272 g/mol. The van der Waals surface area contributed by atoms with Gasteiger partial charge in [-0.25, -0.2) is 9.59 Å². The third-order valence-corrected chi connectivity index (χ3v) is 1.75. The Morgan fingerprint density at radius 1 is 1.21 bits per heavy atom. The number of unbranched alkanes of at least 4 members (excludes halogenated alkanes) is 1. The summed E-state index contributed by atoms with van der Waals surface area (Å²) in [6, 6.07) is 0. The van der Waals surface area contributed by atoms with E-state index in [2.05, 4.69) is 17.9 Å². The lowest BCUT2D eigenvalue weighted by Crippen LogP contribution is -2.04. The van der Waals surface area contributed by atoms with Gasteiger partial charge >= 0.3 is 11.9 Å². The van der Waals surface area contributed by atoms with E-state index in [0.717, 1.165) is 12.5 Å².